The van der Waals surface area contributed by atoms with Crippen LogP contribution in [0.25, 0.3) is 11.3 Å². The molecule has 0 unspecified atom stereocenters. The van der Waals surface area contributed by atoms with E-state index in [1.807, 2.05) is 24.3 Å². The summed E-state index contributed by atoms with van der Waals surface area (Å²) < 4.78 is 23.3. The first-order valence-corrected chi connectivity index (χ1v) is 7.75. The third kappa shape index (κ3) is 4.44. The van der Waals surface area contributed by atoms with Crippen molar-refractivity contribution < 1.29 is 18.4 Å². The highest BCUT2D eigenvalue weighted by Gasteiger charge is 2.11. The van der Waals surface area contributed by atoms with Crippen LogP contribution in [0.2, 0.25) is 0 Å². The van der Waals surface area contributed by atoms with Crippen LogP contribution in [-0.2, 0) is 17.8 Å². The van der Waals surface area contributed by atoms with Crippen molar-refractivity contribution in [3.8, 4) is 17.1 Å². The van der Waals surface area contributed by atoms with Gasteiger partial charge in [-0.25, -0.2) is 4.39 Å². The lowest BCUT2D eigenvalue weighted by atomic mass is 10.1. The first-order chi connectivity index (χ1) is 12.1. The second-order valence-electron chi connectivity index (χ2n) is 5.49. The molecule has 0 saturated carbocycles. The largest absolute Gasteiger partial charge is 0.497 e. The van der Waals surface area contributed by atoms with Crippen molar-refractivity contribution >= 4 is 5.91 Å². The molecule has 0 aliphatic heterocycles. The quantitative estimate of drug-likeness (QED) is 0.747. The van der Waals surface area contributed by atoms with Crippen LogP contribution in [0.3, 0.4) is 0 Å². The summed E-state index contributed by atoms with van der Waals surface area (Å²) in [7, 11) is 1.59. The molecule has 0 aliphatic rings. The molecule has 1 N–H and O–H groups in total. The van der Waals surface area contributed by atoms with E-state index in [-0.39, 0.29) is 18.1 Å². The van der Waals surface area contributed by atoms with Crippen LogP contribution in [0.5, 0.6) is 5.75 Å². The Morgan fingerprint density at radius 1 is 1.20 bits per heavy atom. The van der Waals surface area contributed by atoms with Crippen molar-refractivity contribution in [1.82, 2.24) is 10.5 Å². The van der Waals surface area contributed by atoms with Gasteiger partial charge in [-0.1, -0.05) is 29.4 Å². The molecule has 1 heterocycles. The molecule has 1 aromatic heterocycles. The molecule has 25 heavy (non-hydrogen) atoms. The molecular formula is C19H17FN2O3. The van der Waals surface area contributed by atoms with Crippen LogP contribution >= 0.6 is 0 Å². The van der Waals surface area contributed by atoms with Gasteiger partial charge in [-0.15, -0.1) is 0 Å². The molecule has 3 aromatic rings. The Labute approximate surface area is 144 Å². The lowest BCUT2D eigenvalue weighted by Crippen LogP contribution is -2.24. The van der Waals surface area contributed by atoms with E-state index >= 15 is 0 Å². The maximum Gasteiger partial charge on any atom is 0.226 e. The summed E-state index contributed by atoms with van der Waals surface area (Å²) in [5.41, 5.74) is 2.19. The molecule has 0 aliphatic carbocycles. The average molecular weight is 340 g/mol. The second kappa shape index (κ2) is 7.61. The van der Waals surface area contributed by atoms with Crippen molar-refractivity contribution in [3.63, 3.8) is 0 Å². The molecule has 1 amide bonds. The molecule has 0 bridgehead atoms. The van der Waals surface area contributed by atoms with Gasteiger partial charge in [-0.2, -0.15) is 0 Å². The smallest absolute Gasteiger partial charge is 0.226 e. The summed E-state index contributed by atoms with van der Waals surface area (Å²) in [6.07, 6.45) is 0.106. The molecule has 2 aromatic carbocycles. The van der Waals surface area contributed by atoms with Crippen molar-refractivity contribution in [3.05, 3.63) is 71.7 Å². The van der Waals surface area contributed by atoms with Gasteiger partial charge in [0, 0.05) is 18.2 Å². The molecule has 6 heteroatoms. The van der Waals surface area contributed by atoms with E-state index in [0.29, 0.717) is 23.7 Å². The van der Waals surface area contributed by atoms with E-state index < -0.39 is 0 Å². The zero-order chi connectivity index (χ0) is 17.6. The number of nitrogens with one attached hydrogen (secondary N) is 1. The lowest BCUT2D eigenvalue weighted by molar-refractivity contribution is -0.120. The van der Waals surface area contributed by atoms with E-state index in [1.165, 1.54) is 12.1 Å². The number of nitrogens with zero attached hydrogens (tertiary/aromatic N) is 1. The number of hydrogen-bond donors (Lipinski definition) is 1. The van der Waals surface area contributed by atoms with Crippen molar-refractivity contribution in [1.29, 1.82) is 0 Å². The summed E-state index contributed by atoms with van der Waals surface area (Å²) in [6.45, 7) is 0.333. The van der Waals surface area contributed by atoms with E-state index in [9.17, 15) is 9.18 Å². The first kappa shape index (κ1) is 16.7. The molecule has 0 saturated heterocycles. The minimum Gasteiger partial charge on any atom is -0.497 e. The van der Waals surface area contributed by atoms with Crippen LogP contribution in [-0.4, -0.2) is 18.2 Å². The molecule has 5 nitrogen and oxygen atoms in total. The number of methoxy groups -OCH3 is 1. The highest BCUT2D eigenvalue weighted by molar-refractivity contribution is 5.78. The van der Waals surface area contributed by atoms with Gasteiger partial charge in [0.1, 0.15) is 11.6 Å². The van der Waals surface area contributed by atoms with E-state index in [0.717, 1.165) is 11.1 Å². The number of hydrogen-bond acceptors (Lipinski definition) is 4. The van der Waals surface area contributed by atoms with Gasteiger partial charge in [0.15, 0.2) is 5.76 Å². The summed E-state index contributed by atoms with van der Waals surface area (Å²) >= 11 is 0. The Bertz CT molecular complexity index is 859. The van der Waals surface area contributed by atoms with Gasteiger partial charge in [-0.05, 0) is 29.8 Å². The zero-order valence-corrected chi connectivity index (χ0v) is 13.7. The number of halogens is 1. The summed E-state index contributed by atoms with van der Waals surface area (Å²) in [5.74, 6) is 0.797. The van der Waals surface area contributed by atoms with Gasteiger partial charge >= 0.3 is 0 Å². The number of rotatable bonds is 6. The zero-order valence-electron chi connectivity index (χ0n) is 13.7. The Kier molecular flexibility index (Phi) is 5.09. The topological polar surface area (TPSA) is 64.4 Å². The van der Waals surface area contributed by atoms with Gasteiger partial charge in [0.2, 0.25) is 5.91 Å². The Balaban J connectivity index is 1.58. The highest BCUT2D eigenvalue weighted by atomic mass is 19.1. The van der Waals surface area contributed by atoms with Crippen LogP contribution in [0.1, 0.15) is 11.3 Å². The number of ether oxygens (including phenoxy) is 1. The van der Waals surface area contributed by atoms with Crippen molar-refractivity contribution in [2.45, 2.75) is 13.0 Å². The fourth-order valence-corrected chi connectivity index (χ4v) is 2.34. The Morgan fingerprint density at radius 2 is 2.00 bits per heavy atom. The number of carbonyl (C=O) groups excluding carboxylic acids is 1. The molecular weight excluding hydrogens is 323 g/mol. The lowest BCUT2D eigenvalue weighted by Gasteiger charge is -2.03. The standard InChI is InChI=1S/C19H17FN2O3/c1-24-17-4-2-3-14(9-17)18-10-16(22-25-18)11-19(23)21-12-13-5-7-15(20)8-6-13/h2-10H,11-12H2,1H3,(H,21,23). The fourth-order valence-electron chi connectivity index (χ4n) is 2.34. The van der Waals surface area contributed by atoms with Crippen LogP contribution < -0.4 is 10.1 Å². The van der Waals surface area contributed by atoms with E-state index in [4.69, 9.17) is 9.26 Å². The van der Waals surface area contributed by atoms with Crippen molar-refractivity contribution in [2.24, 2.45) is 0 Å². The maximum atomic E-state index is 12.8. The van der Waals surface area contributed by atoms with E-state index in [2.05, 4.69) is 10.5 Å². The van der Waals surface area contributed by atoms with Crippen LogP contribution in [0.4, 0.5) is 4.39 Å². The predicted octanol–water partition coefficient (Wildman–Crippen LogP) is 3.35. The molecule has 0 spiro atoms. The molecule has 0 fully saturated rings. The molecule has 3 rings (SSSR count). The van der Waals surface area contributed by atoms with Gasteiger partial charge < -0.3 is 14.6 Å². The predicted molar refractivity (Wildman–Crippen MR) is 90.4 cm³/mol. The normalized spacial score (nSPS) is 10.5. The van der Waals surface area contributed by atoms with Crippen LogP contribution in [0, 0.1) is 5.82 Å². The minimum atomic E-state index is -0.303. The summed E-state index contributed by atoms with van der Waals surface area (Å²) in [4.78, 5) is 12.0. The summed E-state index contributed by atoms with van der Waals surface area (Å²) in [5, 5.41) is 6.70. The Morgan fingerprint density at radius 3 is 2.76 bits per heavy atom. The SMILES string of the molecule is COc1cccc(-c2cc(CC(=O)NCc3ccc(F)cc3)no2)c1. The molecule has 0 atom stereocenters. The summed E-state index contributed by atoms with van der Waals surface area (Å²) in [6, 6.07) is 15.1. The number of amides is 1. The highest BCUT2D eigenvalue weighted by Crippen LogP contribution is 2.24. The first-order valence-electron chi connectivity index (χ1n) is 7.75. The molecule has 128 valence electrons. The number of aromatic nitrogens is 1. The van der Waals surface area contributed by atoms with Gasteiger partial charge in [0.05, 0.1) is 19.2 Å². The monoisotopic (exact) mass is 340 g/mol. The Hall–Kier alpha value is -3.15. The fraction of sp³-hybridized carbons (Fsp3) is 0.158. The van der Waals surface area contributed by atoms with E-state index in [1.54, 1.807) is 25.3 Å². The third-order valence-electron chi connectivity index (χ3n) is 3.66. The number of benzene rings is 2. The van der Waals surface area contributed by atoms with Gasteiger partial charge in [-0.3, -0.25) is 4.79 Å². The van der Waals surface area contributed by atoms with Gasteiger partial charge in [0.25, 0.3) is 0 Å². The van der Waals surface area contributed by atoms with Crippen LogP contribution in [0.15, 0.2) is 59.1 Å². The van der Waals surface area contributed by atoms with Crippen molar-refractivity contribution in [2.75, 3.05) is 7.11 Å². The minimum absolute atomic E-state index is 0.106. The maximum absolute atomic E-state index is 12.8. The number of carbonyl (C=O) groups is 1. The third-order valence-corrected chi connectivity index (χ3v) is 3.66. The molecule has 0 radical (unpaired) electrons. The second-order valence-corrected chi connectivity index (χ2v) is 5.49. The average Bonchev–Trinajstić information content (AvgIpc) is 3.10.